The van der Waals surface area contributed by atoms with Crippen LogP contribution in [-0.4, -0.2) is 23.4 Å². The fourth-order valence-corrected chi connectivity index (χ4v) is 3.13. The minimum Gasteiger partial charge on any atom is -0.383 e. The van der Waals surface area contributed by atoms with E-state index in [2.05, 4.69) is 47.3 Å². The fraction of sp³-hybridized carbons (Fsp3) is 0.185. The molecule has 0 radical (unpaired) electrons. The van der Waals surface area contributed by atoms with E-state index >= 15 is 0 Å². The van der Waals surface area contributed by atoms with Crippen LogP contribution in [0.25, 0.3) is 0 Å². The summed E-state index contributed by atoms with van der Waals surface area (Å²) in [6.45, 7) is 6.25. The van der Waals surface area contributed by atoms with E-state index in [1.54, 1.807) is 24.3 Å². The Kier molecular flexibility index (Phi) is 10.5. The van der Waals surface area contributed by atoms with Gasteiger partial charge in [-0.2, -0.15) is 13.2 Å². The third kappa shape index (κ3) is 9.07. The number of benzene rings is 3. The lowest BCUT2D eigenvalue weighted by atomic mass is 10.0. The number of aliphatic imine (C=N–C) groups is 2. The highest BCUT2D eigenvalue weighted by atomic mass is 32.1. The van der Waals surface area contributed by atoms with E-state index in [0.29, 0.717) is 17.2 Å². The van der Waals surface area contributed by atoms with Crippen molar-refractivity contribution in [3.63, 3.8) is 0 Å². The van der Waals surface area contributed by atoms with Crippen molar-refractivity contribution in [2.75, 3.05) is 5.32 Å². The van der Waals surface area contributed by atoms with Crippen LogP contribution in [0.1, 0.15) is 48.9 Å². The molecule has 0 aliphatic carbocycles. The molecule has 3 aromatic carbocycles. The lowest BCUT2D eigenvalue weighted by Gasteiger charge is -2.13. The van der Waals surface area contributed by atoms with Crippen LogP contribution in [0.3, 0.4) is 0 Å². The Balaban J connectivity index is 0.000000297. The molecule has 0 saturated heterocycles. The highest BCUT2D eigenvalue weighted by molar-refractivity contribution is 7.80. The second-order valence-corrected chi connectivity index (χ2v) is 8.61. The van der Waals surface area contributed by atoms with Crippen LogP contribution in [-0.2, 0) is 6.18 Å². The number of thiocarbonyl (C=S) groups is 1. The number of nitrogens with one attached hydrogen (secondary N) is 2. The Labute approximate surface area is 214 Å². The predicted molar refractivity (Wildman–Crippen MR) is 147 cm³/mol. The van der Waals surface area contributed by atoms with Crippen molar-refractivity contribution >= 4 is 47.0 Å². The van der Waals surface area contributed by atoms with Gasteiger partial charge in [-0.15, -0.1) is 0 Å². The van der Waals surface area contributed by atoms with Gasteiger partial charge in [-0.3, -0.25) is 0 Å². The molecule has 0 aliphatic heterocycles. The quantitative estimate of drug-likeness (QED) is 0.184. The number of alkyl halides is 3. The average Bonchev–Trinajstić information content (AvgIpc) is 2.84. The molecule has 0 unspecified atom stereocenters. The minimum absolute atomic E-state index is 0.220. The number of anilines is 1. The normalized spacial score (nSPS) is 11.7. The maximum Gasteiger partial charge on any atom is 0.416 e. The van der Waals surface area contributed by atoms with Crippen LogP contribution in [0.5, 0.6) is 0 Å². The first kappa shape index (κ1) is 28.4. The monoisotopic (exact) mass is 511 g/mol. The number of amidine groups is 1. The molecule has 36 heavy (non-hydrogen) atoms. The molecule has 0 aromatic heterocycles. The van der Waals surface area contributed by atoms with Gasteiger partial charge >= 0.3 is 6.18 Å². The molecule has 3 rings (SSSR count). The summed E-state index contributed by atoms with van der Waals surface area (Å²) in [7, 11) is 0. The molecule has 0 bridgehead atoms. The van der Waals surface area contributed by atoms with Crippen LogP contribution < -0.4 is 11.1 Å². The lowest BCUT2D eigenvalue weighted by Crippen LogP contribution is -2.13. The highest BCUT2D eigenvalue weighted by Crippen LogP contribution is 2.30. The standard InChI is InChI=1S/C16H13F3N4.C11H15NS/c17-16(18,19)13-5-7-14(8-6-13)22-10-23-15(21)12-3-1-11(9-20)2-4-12;1-8(2)10-6-4-5-7-11(10)12-9(3)13/h1-10,20H,(H2,21,22,23);4-8H,1-3H3,(H,12,13). The number of rotatable bonds is 6. The van der Waals surface area contributed by atoms with Crippen molar-refractivity contribution in [2.45, 2.75) is 32.9 Å². The van der Waals surface area contributed by atoms with Gasteiger partial charge in [-0.25, -0.2) is 9.98 Å². The van der Waals surface area contributed by atoms with Gasteiger partial charge in [0.25, 0.3) is 0 Å². The molecule has 0 amide bonds. The average molecular weight is 512 g/mol. The number of hydrogen-bond donors (Lipinski definition) is 3. The van der Waals surface area contributed by atoms with Gasteiger partial charge in [0.2, 0.25) is 0 Å². The zero-order valence-electron chi connectivity index (χ0n) is 20.2. The Morgan fingerprint density at radius 3 is 2.14 bits per heavy atom. The molecular formula is C27H28F3N5S. The van der Waals surface area contributed by atoms with E-state index in [4.69, 9.17) is 23.4 Å². The Morgan fingerprint density at radius 2 is 1.61 bits per heavy atom. The minimum atomic E-state index is -4.37. The zero-order chi connectivity index (χ0) is 26.7. The summed E-state index contributed by atoms with van der Waals surface area (Å²) in [4.78, 5) is 8.69. The van der Waals surface area contributed by atoms with E-state index in [9.17, 15) is 13.2 Å². The first-order valence-corrected chi connectivity index (χ1v) is 11.4. The van der Waals surface area contributed by atoms with Crippen molar-refractivity contribution in [2.24, 2.45) is 15.7 Å². The van der Waals surface area contributed by atoms with Crippen LogP contribution in [0, 0.1) is 5.41 Å². The smallest absolute Gasteiger partial charge is 0.383 e. The topological polar surface area (TPSA) is 86.6 Å². The Hall–Kier alpha value is -3.85. The summed E-state index contributed by atoms with van der Waals surface area (Å²) < 4.78 is 37.3. The van der Waals surface area contributed by atoms with Gasteiger partial charge in [0, 0.05) is 17.5 Å². The van der Waals surface area contributed by atoms with Gasteiger partial charge < -0.3 is 16.5 Å². The van der Waals surface area contributed by atoms with Crippen LogP contribution >= 0.6 is 12.2 Å². The van der Waals surface area contributed by atoms with Gasteiger partial charge in [0.15, 0.2) is 0 Å². The molecule has 0 saturated carbocycles. The lowest BCUT2D eigenvalue weighted by molar-refractivity contribution is -0.137. The highest BCUT2D eigenvalue weighted by Gasteiger charge is 2.29. The number of hydrogen-bond acceptors (Lipinski definition) is 3. The van der Waals surface area contributed by atoms with E-state index in [1.807, 2.05) is 13.0 Å². The summed E-state index contributed by atoms with van der Waals surface area (Å²) in [6.07, 6.45) is -1.97. The molecule has 4 N–H and O–H groups in total. The SMILES string of the molecule is CC(=S)Nc1ccccc1C(C)C.N=Cc1ccc(C(N)=NC=Nc2ccc(C(F)(F)F)cc2)cc1. The van der Waals surface area contributed by atoms with E-state index in [0.717, 1.165) is 28.4 Å². The summed E-state index contributed by atoms with van der Waals surface area (Å²) in [6, 6.07) is 19.5. The molecule has 0 spiro atoms. The van der Waals surface area contributed by atoms with Crippen molar-refractivity contribution < 1.29 is 13.2 Å². The van der Waals surface area contributed by atoms with Gasteiger partial charge in [-0.1, -0.05) is 68.5 Å². The van der Waals surface area contributed by atoms with Crippen LogP contribution in [0.15, 0.2) is 82.8 Å². The molecule has 0 aliphatic rings. The first-order chi connectivity index (χ1) is 17.0. The molecule has 0 fully saturated rings. The molecule has 0 atom stereocenters. The van der Waals surface area contributed by atoms with Crippen molar-refractivity contribution in [3.8, 4) is 0 Å². The van der Waals surface area contributed by atoms with E-state index in [1.165, 1.54) is 30.2 Å². The molecule has 5 nitrogen and oxygen atoms in total. The van der Waals surface area contributed by atoms with Crippen molar-refractivity contribution in [1.82, 2.24) is 0 Å². The Bertz CT molecular complexity index is 1220. The van der Waals surface area contributed by atoms with E-state index < -0.39 is 11.7 Å². The third-order valence-corrected chi connectivity index (χ3v) is 4.97. The molecular weight excluding hydrogens is 483 g/mol. The van der Waals surface area contributed by atoms with Crippen LogP contribution in [0.2, 0.25) is 0 Å². The summed E-state index contributed by atoms with van der Waals surface area (Å²) in [5.41, 5.74) is 9.23. The fourth-order valence-electron chi connectivity index (χ4n) is 3.02. The number of nitrogens with zero attached hydrogens (tertiary/aromatic N) is 2. The second-order valence-electron chi connectivity index (χ2n) is 7.99. The number of nitrogens with two attached hydrogens (primary N) is 1. The number of para-hydroxylation sites is 1. The summed E-state index contributed by atoms with van der Waals surface area (Å²) in [5, 5.41) is 10.3. The van der Waals surface area contributed by atoms with Crippen molar-refractivity contribution in [3.05, 3.63) is 95.1 Å². The largest absolute Gasteiger partial charge is 0.416 e. The van der Waals surface area contributed by atoms with Gasteiger partial charge in [0.1, 0.15) is 12.2 Å². The first-order valence-electron chi connectivity index (χ1n) is 11.0. The molecule has 3 aromatic rings. The molecule has 0 heterocycles. The van der Waals surface area contributed by atoms with E-state index in [-0.39, 0.29) is 5.84 Å². The van der Waals surface area contributed by atoms with Gasteiger partial charge in [0.05, 0.1) is 16.2 Å². The summed E-state index contributed by atoms with van der Waals surface area (Å²) >= 11 is 5.01. The maximum absolute atomic E-state index is 12.4. The molecule has 9 heteroatoms. The third-order valence-electron chi connectivity index (χ3n) is 4.86. The second kappa shape index (κ2) is 13.3. The maximum atomic E-state index is 12.4. The zero-order valence-corrected chi connectivity index (χ0v) is 21.0. The number of halogens is 3. The predicted octanol–water partition coefficient (Wildman–Crippen LogP) is 7.34. The Morgan fingerprint density at radius 1 is 1.00 bits per heavy atom. The summed E-state index contributed by atoms with van der Waals surface area (Å²) in [5.74, 6) is 0.746. The van der Waals surface area contributed by atoms with Crippen LogP contribution in [0.4, 0.5) is 24.5 Å². The van der Waals surface area contributed by atoms with Gasteiger partial charge in [-0.05, 0) is 54.3 Å². The van der Waals surface area contributed by atoms with Crippen molar-refractivity contribution in [1.29, 1.82) is 5.41 Å². The molecule has 188 valence electrons.